The van der Waals surface area contributed by atoms with Gasteiger partial charge < -0.3 is 16.1 Å². The minimum absolute atomic E-state index is 0.0585. The topological polar surface area (TPSA) is 125 Å². The maximum atomic E-state index is 13.9. The monoisotopic (exact) mass is 599 g/mol. The number of nitrogens with one attached hydrogen (secondary N) is 4. The van der Waals surface area contributed by atoms with Crippen LogP contribution in [-0.2, 0) is 0 Å². The van der Waals surface area contributed by atoms with Crippen molar-refractivity contribution in [2.24, 2.45) is 5.41 Å². The molecule has 1 aromatic carbocycles. The summed E-state index contributed by atoms with van der Waals surface area (Å²) in [6.45, 7) is 5.34. The molecule has 1 aliphatic heterocycles. The number of hydrazine groups is 2. The summed E-state index contributed by atoms with van der Waals surface area (Å²) < 4.78 is 55.4. The molecule has 3 aromatic rings. The van der Waals surface area contributed by atoms with E-state index in [1.54, 1.807) is 32.9 Å². The fourth-order valence-electron chi connectivity index (χ4n) is 4.79. The Morgan fingerprint density at radius 2 is 1.95 bits per heavy atom. The van der Waals surface area contributed by atoms with Crippen molar-refractivity contribution in [3.05, 3.63) is 70.2 Å². The lowest BCUT2D eigenvalue weighted by molar-refractivity contribution is -0.195. The van der Waals surface area contributed by atoms with Gasteiger partial charge in [-0.2, -0.15) is 28.1 Å². The number of hydrogen-bond acceptors (Lipinski definition) is 9. The number of anilines is 2. The zero-order chi connectivity index (χ0) is 30.4. The summed E-state index contributed by atoms with van der Waals surface area (Å²) in [5, 5.41) is 27.4. The van der Waals surface area contributed by atoms with Crippen LogP contribution >= 0.6 is 11.6 Å². The molecule has 42 heavy (non-hydrogen) atoms. The van der Waals surface area contributed by atoms with Crippen molar-refractivity contribution in [3.8, 4) is 12.1 Å². The van der Waals surface area contributed by atoms with Crippen LogP contribution in [0.15, 0.2) is 42.4 Å². The molecule has 1 atom stereocenters. The number of rotatable bonds is 8. The number of halogens is 5. The van der Waals surface area contributed by atoms with E-state index in [1.807, 2.05) is 0 Å². The molecule has 2 aromatic heterocycles. The third-order valence-electron chi connectivity index (χ3n) is 7.38. The first kappa shape index (κ1) is 29.2. The summed E-state index contributed by atoms with van der Waals surface area (Å²) >= 11 is 6.63. The van der Waals surface area contributed by atoms with Crippen LogP contribution in [0.25, 0.3) is 10.9 Å². The zero-order valence-corrected chi connectivity index (χ0v) is 23.5. The van der Waals surface area contributed by atoms with Crippen LogP contribution < -0.4 is 21.6 Å². The predicted octanol–water partition coefficient (Wildman–Crippen LogP) is 5.98. The highest BCUT2D eigenvalue weighted by Gasteiger charge is 2.67. The molecule has 3 heterocycles. The number of hydrogen-bond donors (Lipinski definition) is 4. The quantitative estimate of drug-likeness (QED) is 0.183. The lowest BCUT2D eigenvalue weighted by Crippen LogP contribution is -2.52. The second-order valence-electron chi connectivity index (χ2n) is 11.0. The standard InChI is InChI=1S/C28H26ClF4N9/c1-15-18(4-5-22(30)38-15)25(21-12-42(41-40-21)27(6-7-27)28(31,32)33)39-17-8-19-23(37-14-26(2,3)13-35)16(10-34)11-36-24(19)20(29)9-17/h4-5,8-9,11-12,25,39-41H,6-7,14H2,1-3H3,(H,36,37)/t25-/m0/s1. The van der Waals surface area contributed by atoms with Crippen molar-refractivity contribution < 1.29 is 17.6 Å². The number of pyridine rings is 2. The Labute approximate surface area is 244 Å². The number of aromatic nitrogens is 2. The van der Waals surface area contributed by atoms with Crippen LogP contribution in [0.4, 0.5) is 28.9 Å². The van der Waals surface area contributed by atoms with Crippen molar-refractivity contribution in [2.75, 3.05) is 17.2 Å². The lowest BCUT2D eigenvalue weighted by atomic mass is 9.95. The molecule has 0 spiro atoms. The molecule has 0 amide bonds. The molecule has 14 heteroatoms. The minimum atomic E-state index is -4.45. The minimum Gasteiger partial charge on any atom is -0.382 e. The Kier molecular flexibility index (Phi) is 7.29. The van der Waals surface area contributed by atoms with Crippen LogP contribution in [0.1, 0.15) is 49.6 Å². The summed E-state index contributed by atoms with van der Waals surface area (Å²) in [5.41, 5.74) is 5.36. The van der Waals surface area contributed by atoms with Gasteiger partial charge in [-0.05, 0) is 51.8 Å². The Hall–Kier alpha value is -4.33. The molecule has 9 nitrogen and oxygen atoms in total. The molecule has 0 saturated heterocycles. The van der Waals surface area contributed by atoms with Gasteiger partial charge in [0.1, 0.15) is 6.07 Å². The molecule has 1 aliphatic carbocycles. The first-order valence-electron chi connectivity index (χ1n) is 12.9. The van der Waals surface area contributed by atoms with Gasteiger partial charge >= 0.3 is 6.18 Å². The number of fused-ring (bicyclic) bond motifs is 1. The molecule has 4 N–H and O–H groups in total. The number of benzene rings is 1. The summed E-state index contributed by atoms with van der Waals surface area (Å²) in [5.74, 6) is -0.697. The Morgan fingerprint density at radius 1 is 1.21 bits per heavy atom. The second kappa shape index (κ2) is 10.5. The molecule has 1 fully saturated rings. The van der Waals surface area contributed by atoms with Crippen molar-refractivity contribution in [3.63, 3.8) is 0 Å². The molecular weight excluding hydrogens is 574 g/mol. The van der Waals surface area contributed by atoms with E-state index >= 15 is 0 Å². The average molecular weight is 600 g/mol. The molecule has 2 aliphatic rings. The molecule has 0 unspecified atom stereocenters. The maximum Gasteiger partial charge on any atom is 0.413 e. The second-order valence-corrected chi connectivity index (χ2v) is 11.4. The summed E-state index contributed by atoms with van der Waals surface area (Å²) in [6, 6.07) is 9.48. The van der Waals surface area contributed by atoms with Gasteiger partial charge in [-0.3, -0.25) is 9.99 Å². The molecule has 1 saturated carbocycles. The highest BCUT2D eigenvalue weighted by atomic mass is 35.5. The van der Waals surface area contributed by atoms with Gasteiger partial charge in [0.2, 0.25) is 5.95 Å². The van der Waals surface area contributed by atoms with Crippen LogP contribution in [0, 0.1) is 40.9 Å². The van der Waals surface area contributed by atoms with Crippen LogP contribution in [-0.4, -0.2) is 33.2 Å². The Morgan fingerprint density at radius 3 is 2.57 bits per heavy atom. The molecule has 218 valence electrons. The Bertz CT molecular complexity index is 1670. The van der Waals surface area contributed by atoms with Gasteiger partial charge in [-0.15, -0.1) is 5.53 Å². The van der Waals surface area contributed by atoms with Crippen LogP contribution in [0.2, 0.25) is 5.02 Å². The largest absolute Gasteiger partial charge is 0.413 e. The van der Waals surface area contributed by atoms with E-state index < -0.39 is 29.1 Å². The normalized spacial score (nSPS) is 16.7. The van der Waals surface area contributed by atoms with Crippen molar-refractivity contribution >= 4 is 33.9 Å². The Balaban J connectivity index is 1.58. The van der Waals surface area contributed by atoms with E-state index in [1.165, 1.54) is 24.5 Å². The van der Waals surface area contributed by atoms with Gasteiger partial charge in [0.05, 0.1) is 45.0 Å². The predicted molar refractivity (Wildman–Crippen MR) is 149 cm³/mol. The third-order valence-corrected chi connectivity index (χ3v) is 7.67. The maximum absolute atomic E-state index is 13.9. The number of alkyl halides is 3. The lowest BCUT2D eigenvalue weighted by Gasteiger charge is -2.28. The van der Waals surface area contributed by atoms with Gasteiger partial charge in [0.25, 0.3) is 0 Å². The van der Waals surface area contributed by atoms with Crippen LogP contribution in [0.3, 0.4) is 0 Å². The molecule has 0 bridgehead atoms. The summed E-state index contributed by atoms with van der Waals surface area (Å²) in [7, 11) is 0. The van der Waals surface area contributed by atoms with Crippen LogP contribution in [0.5, 0.6) is 0 Å². The van der Waals surface area contributed by atoms with E-state index in [9.17, 15) is 28.1 Å². The summed E-state index contributed by atoms with van der Waals surface area (Å²) in [4.78, 5) is 8.24. The highest BCUT2D eigenvalue weighted by molar-refractivity contribution is 6.35. The van der Waals surface area contributed by atoms with Gasteiger partial charge in [-0.1, -0.05) is 17.7 Å². The number of nitrogens with zero attached hydrogens (tertiary/aromatic N) is 5. The molecule has 5 rings (SSSR count). The zero-order valence-electron chi connectivity index (χ0n) is 22.8. The number of nitriles is 2. The third kappa shape index (κ3) is 5.33. The fourth-order valence-corrected chi connectivity index (χ4v) is 5.06. The van der Waals surface area contributed by atoms with E-state index in [0.717, 1.165) is 5.01 Å². The van der Waals surface area contributed by atoms with E-state index in [0.29, 0.717) is 39.2 Å². The number of aryl methyl sites for hydroxylation is 1. The van der Waals surface area contributed by atoms with Gasteiger partial charge in [0, 0.05) is 41.3 Å². The van der Waals surface area contributed by atoms with Gasteiger partial charge in [-0.25, -0.2) is 4.98 Å². The average Bonchev–Trinajstić information content (AvgIpc) is 3.62. The van der Waals surface area contributed by atoms with E-state index in [4.69, 9.17) is 11.6 Å². The first-order valence-corrected chi connectivity index (χ1v) is 13.3. The highest BCUT2D eigenvalue weighted by Crippen LogP contribution is 2.53. The van der Waals surface area contributed by atoms with Crippen molar-refractivity contribution in [1.82, 2.24) is 25.9 Å². The molecular formula is C28H26ClF4N9. The smallest absolute Gasteiger partial charge is 0.382 e. The van der Waals surface area contributed by atoms with Gasteiger partial charge in [0.15, 0.2) is 5.54 Å². The summed E-state index contributed by atoms with van der Waals surface area (Å²) in [6.07, 6.45) is -1.84. The fraction of sp³-hybridized carbons (Fsp3) is 0.357. The van der Waals surface area contributed by atoms with E-state index in [2.05, 4.69) is 43.7 Å². The molecule has 0 radical (unpaired) electrons. The van der Waals surface area contributed by atoms with Crippen molar-refractivity contribution in [2.45, 2.75) is 51.4 Å². The van der Waals surface area contributed by atoms with E-state index in [-0.39, 0.29) is 30.0 Å². The first-order chi connectivity index (χ1) is 19.8. The van der Waals surface area contributed by atoms with Crippen molar-refractivity contribution in [1.29, 1.82) is 10.5 Å². The SMILES string of the molecule is Cc1nc(F)ccc1[C@H](Nc1cc(Cl)c2ncc(C#N)c(NCC(C)(C)C#N)c2c1)C1=CN(C2(C(F)(F)F)CC2)NN1.